The van der Waals surface area contributed by atoms with Gasteiger partial charge < -0.3 is 10.6 Å². The molecule has 0 aliphatic rings. The molecule has 7 heteroatoms. The van der Waals surface area contributed by atoms with Gasteiger partial charge in [-0.1, -0.05) is 13.8 Å². The van der Waals surface area contributed by atoms with E-state index >= 15 is 0 Å². The standard InChI is InChI=1S/C13H22FN3O2S/c1-3-17(4-2)9-5-8-16-20(18,19)13-10-11(14)6-7-12(13)15/h6-7,10,16H,3-5,8-9,15H2,1-2H3. The molecule has 114 valence electrons. The Morgan fingerprint density at radius 3 is 2.55 bits per heavy atom. The van der Waals surface area contributed by atoms with Crippen molar-refractivity contribution >= 4 is 15.7 Å². The number of nitrogens with two attached hydrogens (primary N) is 1. The van der Waals surface area contributed by atoms with Gasteiger partial charge in [-0.05, 0) is 44.3 Å². The highest BCUT2D eigenvalue weighted by Gasteiger charge is 2.17. The number of nitrogen functional groups attached to an aromatic ring is 1. The number of benzene rings is 1. The fourth-order valence-electron chi connectivity index (χ4n) is 1.87. The second-order valence-corrected chi connectivity index (χ2v) is 6.20. The van der Waals surface area contributed by atoms with Crippen LogP contribution in [-0.2, 0) is 10.0 Å². The maximum atomic E-state index is 13.1. The van der Waals surface area contributed by atoms with Crippen LogP contribution in [0, 0.1) is 5.82 Å². The molecule has 0 unspecified atom stereocenters. The first-order valence-electron chi connectivity index (χ1n) is 6.67. The topological polar surface area (TPSA) is 75.4 Å². The van der Waals surface area contributed by atoms with E-state index in [1.54, 1.807) is 0 Å². The highest BCUT2D eigenvalue weighted by atomic mass is 32.2. The molecule has 0 aliphatic carbocycles. The second-order valence-electron chi connectivity index (χ2n) is 4.46. The zero-order valence-corrected chi connectivity index (χ0v) is 12.7. The minimum atomic E-state index is -3.76. The van der Waals surface area contributed by atoms with E-state index in [-0.39, 0.29) is 10.6 Å². The van der Waals surface area contributed by atoms with Gasteiger partial charge in [-0.15, -0.1) is 0 Å². The molecule has 0 amide bonds. The lowest BCUT2D eigenvalue weighted by Crippen LogP contribution is -2.30. The maximum absolute atomic E-state index is 13.1. The molecule has 0 aromatic heterocycles. The lowest BCUT2D eigenvalue weighted by Gasteiger charge is -2.17. The van der Waals surface area contributed by atoms with E-state index in [1.807, 2.05) is 0 Å². The van der Waals surface area contributed by atoms with Gasteiger partial charge in [0, 0.05) is 6.54 Å². The predicted molar refractivity (Wildman–Crippen MR) is 78.4 cm³/mol. The molecule has 20 heavy (non-hydrogen) atoms. The Bertz CT molecular complexity index is 530. The zero-order valence-electron chi connectivity index (χ0n) is 11.9. The van der Waals surface area contributed by atoms with Gasteiger partial charge in [0.05, 0.1) is 5.69 Å². The quantitative estimate of drug-likeness (QED) is 0.562. The number of hydrogen-bond acceptors (Lipinski definition) is 4. The molecule has 0 radical (unpaired) electrons. The number of hydrogen-bond donors (Lipinski definition) is 2. The molecule has 3 N–H and O–H groups in total. The normalized spacial score (nSPS) is 12.0. The molecule has 0 heterocycles. The summed E-state index contributed by atoms with van der Waals surface area (Å²) >= 11 is 0. The van der Waals surface area contributed by atoms with Crippen molar-refractivity contribution in [2.75, 3.05) is 31.9 Å². The molecule has 0 saturated carbocycles. The van der Waals surface area contributed by atoms with Crippen LogP contribution in [0.3, 0.4) is 0 Å². The average molecular weight is 303 g/mol. The van der Waals surface area contributed by atoms with Gasteiger partial charge in [-0.2, -0.15) is 0 Å². The van der Waals surface area contributed by atoms with Crippen LogP contribution in [0.25, 0.3) is 0 Å². The first-order valence-corrected chi connectivity index (χ1v) is 8.16. The van der Waals surface area contributed by atoms with Crippen molar-refractivity contribution in [2.24, 2.45) is 0 Å². The maximum Gasteiger partial charge on any atom is 0.242 e. The first-order chi connectivity index (χ1) is 9.40. The summed E-state index contributed by atoms with van der Waals surface area (Å²) in [5.41, 5.74) is 5.62. The van der Waals surface area contributed by atoms with Gasteiger partial charge in [0.2, 0.25) is 10.0 Å². The van der Waals surface area contributed by atoms with E-state index in [9.17, 15) is 12.8 Å². The number of rotatable bonds is 8. The van der Waals surface area contributed by atoms with E-state index in [0.29, 0.717) is 13.0 Å². The molecule has 0 fully saturated rings. The van der Waals surface area contributed by atoms with E-state index in [2.05, 4.69) is 23.5 Å². The van der Waals surface area contributed by atoms with Crippen LogP contribution in [0.2, 0.25) is 0 Å². The third-order valence-electron chi connectivity index (χ3n) is 3.10. The molecule has 0 bridgehead atoms. The average Bonchev–Trinajstić information content (AvgIpc) is 2.41. The highest BCUT2D eigenvalue weighted by molar-refractivity contribution is 7.89. The van der Waals surface area contributed by atoms with Crippen LogP contribution in [0.5, 0.6) is 0 Å². The molecule has 1 rings (SSSR count). The van der Waals surface area contributed by atoms with Crippen molar-refractivity contribution in [1.82, 2.24) is 9.62 Å². The van der Waals surface area contributed by atoms with Gasteiger partial charge in [0.15, 0.2) is 0 Å². The largest absolute Gasteiger partial charge is 0.398 e. The number of halogens is 1. The number of nitrogens with one attached hydrogen (secondary N) is 1. The van der Waals surface area contributed by atoms with Crippen LogP contribution in [-0.4, -0.2) is 39.5 Å². The molecular weight excluding hydrogens is 281 g/mol. The van der Waals surface area contributed by atoms with Crippen molar-refractivity contribution in [3.05, 3.63) is 24.0 Å². The third-order valence-corrected chi connectivity index (χ3v) is 4.62. The summed E-state index contributed by atoms with van der Waals surface area (Å²) in [6.45, 7) is 7.09. The molecule has 0 aliphatic heterocycles. The van der Waals surface area contributed by atoms with Crippen molar-refractivity contribution < 1.29 is 12.8 Å². The summed E-state index contributed by atoms with van der Waals surface area (Å²) in [6, 6.07) is 3.32. The third kappa shape index (κ3) is 4.73. The second kappa shape index (κ2) is 7.56. The van der Waals surface area contributed by atoms with Crippen LogP contribution in [0.4, 0.5) is 10.1 Å². The van der Waals surface area contributed by atoms with Crippen molar-refractivity contribution in [1.29, 1.82) is 0 Å². The Hall–Kier alpha value is -1.18. The SMILES string of the molecule is CCN(CC)CCCNS(=O)(=O)c1cc(F)ccc1N. The van der Waals surface area contributed by atoms with E-state index in [1.165, 1.54) is 6.07 Å². The van der Waals surface area contributed by atoms with Crippen LogP contribution in [0.15, 0.2) is 23.1 Å². The first kappa shape index (κ1) is 16.9. The van der Waals surface area contributed by atoms with Crippen LogP contribution >= 0.6 is 0 Å². The highest BCUT2D eigenvalue weighted by Crippen LogP contribution is 2.18. The van der Waals surface area contributed by atoms with Crippen LogP contribution in [0.1, 0.15) is 20.3 Å². The molecule has 1 aromatic carbocycles. The Morgan fingerprint density at radius 1 is 1.30 bits per heavy atom. The van der Waals surface area contributed by atoms with Gasteiger partial charge in [0.1, 0.15) is 10.7 Å². The van der Waals surface area contributed by atoms with Crippen molar-refractivity contribution in [3.63, 3.8) is 0 Å². The Morgan fingerprint density at radius 2 is 1.95 bits per heavy atom. The van der Waals surface area contributed by atoms with Gasteiger partial charge in [-0.25, -0.2) is 17.5 Å². The molecule has 0 atom stereocenters. The van der Waals surface area contributed by atoms with Crippen molar-refractivity contribution in [3.8, 4) is 0 Å². The number of anilines is 1. The summed E-state index contributed by atoms with van der Waals surface area (Å²) in [7, 11) is -3.76. The minimum absolute atomic E-state index is 0.0441. The molecule has 0 saturated heterocycles. The van der Waals surface area contributed by atoms with E-state index in [4.69, 9.17) is 5.73 Å². The zero-order chi connectivity index (χ0) is 15.2. The Labute approximate surface area is 120 Å². The monoisotopic (exact) mass is 303 g/mol. The number of nitrogens with zero attached hydrogens (tertiary/aromatic N) is 1. The summed E-state index contributed by atoms with van der Waals surface area (Å²) in [5.74, 6) is -0.622. The van der Waals surface area contributed by atoms with Gasteiger partial charge >= 0.3 is 0 Å². The summed E-state index contributed by atoms with van der Waals surface area (Å²) in [5, 5.41) is 0. The Kier molecular flexibility index (Phi) is 6.38. The van der Waals surface area contributed by atoms with Crippen LogP contribution < -0.4 is 10.5 Å². The molecule has 1 aromatic rings. The fraction of sp³-hybridized carbons (Fsp3) is 0.538. The fourth-order valence-corrected chi connectivity index (χ4v) is 3.08. The smallest absolute Gasteiger partial charge is 0.242 e. The van der Waals surface area contributed by atoms with E-state index in [0.717, 1.165) is 31.8 Å². The van der Waals surface area contributed by atoms with E-state index < -0.39 is 15.8 Å². The minimum Gasteiger partial charge on any atom is -0.398 e. The van der Waals surface area contributed by atoms with Crippen molar-refractivity contribution in [2.45, 2.75) is 25.2 Å². The Balaban J connectivity index is 2.60. The lowest BCUT2D eigenvalue weighted by molar-refractivity contribution is 0.300. The molecule has 0 spiro atoms. The van der Waals surface area contributed by atoms with Gasteiger partial charge in [-0.3, -0.25) is 0 Å². The lowest BCUT2D eigenvalue weighted by atomic mass is 10.3. The molecule has 5 nitrogen and oxygen atoms in total. The summed E-state index contributed by atoms with van der Waals surface area (Å²) < 4.78 is 39.6. The van der Waals surface area contributed by atoms with Gasteiger partial charge in [0.25, 0.3) is 0 Å². The molecular formula is C13H22FN3O2S. The number of sulfonamides is 1. The summed E-state index contributed by atoms with van der Waals surface area (Å²) in [6.07, 6.45) is 0.691. The summed E-state index contributed by atoms with van der Waals surface area (Å²) in [4.78, 5) is 1.99. The predicted octanol–water partition coefficient (Wildman–Crippen LogP) is 1.42.